The fourth-order valence-electron chi connectivity index (χ4n) is 4.21. The highest BCUT2D eigenvalue weighted by atomic mass is 16.7. The molecular weight excluding hydrogens is 480 g/mol. The number of rotatable bonds is 9. The zero-order valence-corrected chi connectivity index (χ0v) is 21.6. The molecule has 0 bridgehead atoms. The number of nitrogens with zero attached hydrogens (tertiary/aromatic N) is 1. The first-order valence-corrected chi connectivity index (χ1v) is 12.3. The Kier molecular flexibility index (Phi) is 10.3. The van der Waals surface area contributed by atoms with E-state index in [0.29, 0.717) is 19.4 Å². The summed E-state index contributed by atoms with van der Waals surface area (Å²) in [5.74, 6) is -1.37. The third-order valence-corrected chi connectivity index (χ3v) is 6.12. The zero-order valence-electron chi connectivity index (χ0n) is 21.6. The monoisotopic (exact) mass is 514 g/mol. The Bertz CT molecular complexity index is 1060. The third kappa shape index (κ3) is 7.91. The van der Waals surface area contributed by atoms with Gasteiger partial charge in [0.15, 0.2) is 17.2 Å². The number of hydrogen-bond donors (Lipinski definition) is 1. The minimum absolute atomic E-state index is 0.00319. The average molecular weight is 515 g/mol. The van der Waals surface area contributed by atoms with Crippen LogP contribution in [0.1, 0.15) is 56.1 Å². The Morgan fingerprint density at radius 1 is 1.14 bits per heavy atom. The molecular formula is C27H34N2O8. The maximum Gasteiger partial charge on any atom is 0.329 e. The predicted octanol–water partition coefficient (Wildman–Crippen LogP) is 3.43. The van der Waals surface area contributed by atoms with Gasteiger partial charge in [0, 0.05) is 19.2 Å². The molecule has 3 rings (SSSR count). The van der Waals surface area contributed by atoms with Crippen LogP contribution in [-0.2, 0) is 30.4 Å². The number of amides is 1. The van der Waals surface area contributed by atoms with Crippen LogP contribution >= 0.6 is 0 Å². The SMILES string of the molecule is COc1ccnc(C(=O)N[C@H]2CCC[C@H](C)[C@@H](OCc3ccccc3)[C@H](C)OC2=O)c1OCOC(C)=O. The van der Waals surface area contributed by atoms with E-state index in [9.17, 15) is 14.4 Å². The fraction of sp³-hybridized carbons (Fsp3) is 0.481. The van der Waals surface area contributed by atoms with Crippen LogP contribution in [0.5, 0.6) is 11.5 Å². The van der Waals surface area contributed by atoms with E-state index < -0.39 is 36.8 Å². The van der Waals surface area contributed by atoms with Gasteiger partial charge < -0.3 is 29.0 Å². The number of ether oxygens (including phenoxy) is 5. The Morgan fingerprint density at radius 3 is 2.59 bits per heavy atom. The topological polar surface area (TPSA) is 122 Å². The first-order valence-electron chi connectivity index (χ1n) is 12.3. The molecule has 0 saturated carbocycles. The smallest absolute Gasteiger partial charge is 0.329 e. The molecule has 0 unspecified atom stereocenters. The van der Waals surface area contributed by atoms with Crippen LogP contribution in [-0.4, -0.2) is 55.0 Å². The summed E-state index contributed by atoms with van der Waals surface area (Å²) in [7, 11) is 1.41. The van der Waals surface area contributed by atoms with E-state index in [0.717, 1.165) is 12.0 Å². The van der Waals surface area contributed by atoms with Gasteiger partial charge in [0.2, 0.25) is 6.79 Å². The third-order valence-electron chi connectivity index (χ3n) is 6.12. The highest BCUT2D eigenvalue weighted by Gasteiger charge is 2.34. The molecule has 1 N–H and O–H groups in total. The molecule has 1 saturated heterocycles. The number of esters is 2. The van der Waals surface area contributed by atoms with Gasteiger partial charge in [-0.3, -0.25) is 9.59 Å². The summed E-state index contributed by atoms with van der Waals surface area (Å²) >= 11 is 0. The molecule has 200 valence electrons. The predicted molar refractivity (Wildman–Crippen MR) is 133 cm³/mol. The molecule has 1 fully saturated rings. The second kappa shape index (κ2) is 13.6. The average Bonchev–Trinajstić information content (AvgIpc) is 2.92. The lowest BCUT2D eigenvalue weighted by atomic mass is 9.94. The van der Waals surface area contributed by atoms with Crippen molar-refractivity contribution in [3.63, 3.8) is 0 Å². The number of aromatic nitrogens is 1. The van der Waals surface area contributed by atoms with Crippen molar-refractivity contribution in [3.8, 4) is 11.5 Å². The minimum Gasteiger partial charge on any atom is -0.493 e. The number of carbonyl (C=O) groups is 3. The van der Waals surface area contributed by atoms with Crippen LogP contribution in [0.3, 0.4) is 0 Å². The summed E-state index contributed by atoms with van der Waals surface area (Å²) < 4.78 is 27.4. The normalized spacial score (nSPS) is 22.0. The molecule has 1 aromatic carbocycles. The van der Waals surface area contributed by atoms with Gasteiger partial charge in [0.25, 0.3) is 5.91 Å². The highest BCUT2D eigenvalue weighted by molar-refractivity contribution is 5.98. The molecule has 37 heavy (non-hydrogen) atoms. The molecule has 0 spiro atoms. The van der Waals surface area contributed by atoms with Crippen molar-refractivity contribution in [2.24, 2.45) is 5.92 Å². The van der Waals surface area contributed by atoms with E-state index in [1.807, 2.05) is 30.3 Å². The van der Waals surface area contributed by atoms with Crippen molar-refractivity contribution in [2.75, 3.05) is 13.9 Å². The van der Waals surface area contributed by atoms with Gasteiger partial charge in [0.05, 0.1) is 19.8 Å². The van der Waals surface area contributed by atoms with Gasteiger partial charge in [-0.2, -0.15) is 0 Å². The van der Waals surface area contributed by atoms with E-state index in [-0.39, 0.29) is 29.2 Å². The van der Waals surface area contributed by atoms with E-state index in [4.69, 9.17) is 23.7 Å². The number of cyclic esters (lactones) is 1. The van der Waals surface area contributed by atoms with Crippen LogP contribution in [0, 0.1) is 5.92 Å². The van der Waals surface area contributed by atoms with Gasteiger partial charge in [-0.05, 0) is 31.2 Å². The maximum absolute atomic E-state index is 13.1. The lowest BCUT2D eigenvalue weighted by Crippen LogP contribution is -2.44. The van der Waals surface area contributed by atoms with Crippen molar-refractivity contribution in [1.29, 1.82) is 0 Å². The Morgan fingerprint density at radius 2 is 1.89 bits per heavy atom. The lowest BCUT2D eigenvalue weighted by molar-refractivity contribution is -0.161. The van der Waals surface area contributed by atoms with Crippen molar-refractivity contribution in [3.05, 3.63) is 53.9 Å². The zero-order chi connectivity index (χ0) is 26.8. The van der Waals surface area contributed by atoms with E-state index in [1.54, 1.807) is 6.92 Å². The summed E-state index contributed by atoms with van der Waals surface area (Å²) in [6.07, 6.45) is 2.44. The number of carbonyl (C=O) groups excluding carboxylic acids is 3. The van der Waals surface area contributed by atoms with E-state index in [2.05, 4.69) is 17.2 Å². The number of methoxy groups -OCH3 is 1. The molecule has 4 atom stereocenters. The van der Waals surface area contributed by atoms with Gasteiger partial charge >= 0.3 is 11.9 Å². The molecule has 1 aliphatic heterocycles. The van der Waals surface area contributed by atoms with E-state index >= 15 is 0 Å². The number of nitrogens with one attached hydrogen (secondary N) is 1. The lowest BCUT2D eigenvalue weighted by Gasteiger charge is -2.29. The van der Waals surface area contributed by atoms with Crippen LogP contribution in [0.25, 0.3) is 0 Å². The standard InChI is InChI=1S/C27H34N2O8/c1-17-9-8-12-21(27(32)37-18(2)24(17)34-15-20-10-6-5-7-11-20)29-26(31)23-25(36-16-35-19(3)30)22(33-4)13-14-28-23/h5-7,10-11,13-14,17-18,21,24H,8-9,12,15-16H2,1-4H3,(H,29,31)/t17-,18-,21-,24+/m0/s1. The fourth-order valence-corrected chi connectivity index (χ4v) is 4.21. The first-order chi connectivity index (χ1) is 17.8. The summed E-state index contributed by atoms with van der Waals surface area (Å²) in [5, 5.41) is 2.72. The molecule has 0 radical (unpaired) electrons. The van der Waals surface area contributed by atoms with Gasteiger partial charge in [-0.1, -0.05) is 43.7 Å². The molecule has 10 heteroatoms. The highest BCUT2D eigenvalue weighted by Crippen LogP contribution is 2.30. The van der Waals surface area contributed by atoms with Crippen LogP contribution < -0.4 is 14.8 Å². The summed E-state index contributed by atoms with van der Waals surface area (Å²) in [5.41, 5.74) is 0.931. The number of hydrogen-bond acceptors (Lipinski definition) is 9. The summed E-state index contributed by atoms with van der Waals surface area (Å²) in [4.78, 5) is 41.4. The van der Waals surface area contributed by atoms with Crippen LogP contribution in [0.4, 0.5) is 0 Å². The molecule has 10 nitrogen and oxygen atoms in total. The second-order valence-electron chi connectivity index (χ2n) is 8.93. The van der Waals surface area contributed by atoms with Gasteiger partial charge in [-0.25, -0.2) is 9.78 Å². The summed E-state index contributed by atoms with van der Waals surface area (Å²) in [6.45, 7) is 5.10. The van der Waals surface area contributed by atoms with Gasteiger partial charge in [-0.15, -0.1) is 0 Å². The van der Waals surface area contributed by atoms with Crippen molar-refractivity contribution in [1.82, 2.24) is 10.3 Å². The second-order valence-corrected chi connectivity index (χ2v) is 8.93. The molecule has 2 aromatic rings. The Hall–Kier alpha value is -3.66. The van der Waals surface area contributed by atoms with Crippen LogP contribution in [0.2, 0.25) is 0 Å². The number of benzene rings is 1. The summed E-state index contributed by atoms with van der Waals surface area (Å²) in [6, 6.07) is 10.4. The quantitative estimate of drug-likeness (QED) is 0.396. The van der Waals surface area contributed by atoms with E-state index in [1.165, 1.54) is 26.3 Å². The minimum atomic E-state index is -0.885. The van der Waals surface area contributed by atoms with Gasteiger partial charge in [0.1, 0.15) is 12.1 Å². The van der Waals surface area contributed by atoms with Crippen molar-refractivity contribution >= 4 is 17.8 Å². The Labute approximate surface area is 216 Å². The molecule has 0 aliphatic carbocycles. The first kappa shape index (κ1) is 27.9. The number of pyridine rings is 1. The molecule has 1 aromatic heterocycles. The van der Waals surface area contributed by atoms with Crippen molar-refractivity contribution < 1.29 is 38.1 Å². The molecule has 1 amide bonds. The Balaban J connectivity index is 1.70. The molecule has 2 heterocycles. The van der Waals surface area contributed by atoms with Crippen LogP contribution in [0.15, 0.2) is 42.6 Å². The molecule has 1 aliphatic rings. The largest absolute Gasteiger partial charge is 0.493 e. The maximum atomic E-state index is 13.1. The van der Waals surface area contributed by atoms with Crippen molar-refractivity contribution in [2.45, 2.75) is 64.9 Å².